The summed E-state index contributed by atoms with van der Waals surface area (Å²) in [6.45, 7) is 0.476. The fourth-order valence-corrected chi connectivity index (χ4v) is 6.46. The SMILES string of the molecule is C#CCNC(=O)c1cccc(S(=O)(=O)Cc2c(OC(Cn3ccnc3)c3ccccc3)ccc3c2CCCC3=O)c1. The van der Waals surface area contributed by atoms with Gasteiger partial charge in [0.05, 0.1) is 30.1 Å². The number of nitrogens with one attached hydrogen (secondary N) is 1. The summed E-state index contributed by atoms with van der Waals surface area (Å²) in [6.07, 6.45) is 11.6. The van der Waals surface area contributed by atoms with Crippen molar-refractivity contribution in [3.05, 3.63) is 113 Å². The van der Waals surface area contributed by atoms with Gasteiger partial charge in [0.2, 0.25) is 0 Å². The second-order valence-electron chi connectivity index (χ2n) is 9.80. The molecule has 0 bridgehead atoms. The highest BCUT2D eigenvalue weighted by Gasteiger charge is 2.28. The molecule has 0 radical (unpaired) electrons. The molecule has 41 heavy (non-hydrogen) atoms. The lowest BCUT2D eigenvalue weighted by atomic mass is 9.87. The Hall–Kier alpha value is -4.68. The Labute approximate surface area is 239 Å². The number of aromatic nitrogens is 2. The summed E-state index contributed by atoms with van der Waals surface area (Å²) in [5.41, 5.74) is 2.79. The van der Waals surface area contributed by atoms with Gasteiger partial charge in [-0.2, -0.15) is 0 Å². The van der Waals surface area contributed by atoms with Crippen LogP contribution in [0.3, 0.4) is 0 Å². The van der Waals surface area contributed by atoms with Gasteiger partial charge in [-0.3, -0.25) is 9.59 Å². The minimum atomic E-state index is -3.94. The number of Topliss-reactive ketones (excluding diaryl/α,β-unsaturated/α-hetero) is 1. The first-order chi connectivity index (χ1) is 19.9. The lowest BCUT2D eigenvalue weighted by Gasteiger charge is -2.26. The monoisotopic (exact) mass is 567 g/mol. The summed E-state index contributed by atoms with van der Waals surface area (Å²) < 4.78 is 36.1. The number of carbonyl (C=O) groups excluding carboxylic acids is 2. The minimum Gasteiger partial charge on any atom is -0.484 e. The minimum absolute atomic E-state index is 0.00503. The van der Waals surface area contributed by atoms with Gasteiger partial charge in [-0.15, -0.1) is 6.42 Å². The van der Waals surface area contributed by atoms with Gasteiger partial charge in [-0.05, 0) is 54.3 Å². The first kappa shape index (κ1) is 27.9. The number of carbonyl (C=O) groups is 2. The highest BCUT2D eigenvalue weighted by atomic mass is 32.2. The standard InChI is InChI=1S/C32H29N3O5S/c1-2-16-34-32(37)24-10-6-11-25(19-24)41(38,39)21-28-26-12-7-13-29(36)27(26)14-15-30(28)40-31(20-35-18-17-33-22-35)23-8-4-3-5-9-23/h1,3-6,8-11,14-15,17-19,22,31H,7,12-13,16,20-21H2,(H,34,37). The molecule has 4 aromatic rings. The molecular weight excluding hydrogens is 538 g/mol. The molecule has 8 nitrogen and oxygen atoms in total. The first-order valence-electron chi connectivity index (χ1n) is 13.3. The van der Waals surface area contributed by atoms with E-state index in [0.29, 0.717) is 48.2 Å². The zero-order valence-electron chi connectivity index (χ0n) is 22.3. The van der Waals surface area contributed by atoms with Crippen molar-refractivity contribution < 1.29 is 22.7 Å². The van der Waals surface area contributed by atoms with Crippen LogP contribution in [0.1, 0.15) is 56.4 Å². The molecule has 1 atom stereocenters. The molecule has 5 rings (SSSR count). The van der Waals surface area contributed by atoms with Crippen LogP contribution in [0.2, 0.25) is 0 Å². The number of hydrogen-bond donors (Lipinski definition) is 1. The van der Waals surface area contributed by atoms with Crippen LogP contribution in [-0.4, -0.2) is 36.2 Å². The maximum atomic E-state index is 13.8. The van der Waals surface area contributed by atoms with Crippen molar-refractivity contribution in [1.29, 1.82) is 0 Å². The summed E-state index contributed by atoms with van der Waals surface area (Å²) in [7, 11) is -3.94. The van der Waals surface area contributed by atoms with Gasteiger partial charge in [-0.1, -0.05) is 42.3 Å². The van der Waals surface area contributed by atoms with E-state index < -0.39 is 21.8 Å². The Morgan fingerprint density at radius 2 is 1.93 bits per heavy atom. The van der Waals surface area contributed by atoms with E-state index in [0.717, 1.165) is 5.56 Å². The molecule has 1 aliphatic carbocycles. The third kappa shape index (κ3) is 6.39. The number of ketones is 1. The maximum Gasteiger partial charge on any atom is 0.252 e. The molecule has 0 saturated heterocycles. The quantitative estimate of drug-likeness (QED) is 0.282. The lowest BCUT2D eigenvalue weighted by Crippen LogP contribution is -2.23. The van der Waals surface area contributed by atoms with Crippen LogP contribution in [0.5, 0.6) is 5.75 Å². The molecule has 1 aliphatic rings. The van der Waals surface area contributed by atoms with Crippen LogP contribution < -0.4 is 10.1 Å². The van der Waals surface area contributed by atoms with Crippen LogP contribution in [0, 0.1) is 12.3 Å². The van der Waals surface area contributed by atoms with Crippen LogP contribution in [-0.2, 0) is 28.6 Å². The van der Waals surface area contributed by atoms with Crippen LogP contribution in [0.25, 0.3) is 0 Å². The molecule has 0 aliphatic heterocycles. The highest BCUT2D eigenvalue weighted by molar-refractivity contribution is 7.90. The molecule has 1 aromatic heterocycles. The van der Waals surface area contributed by atoms with Crippen molar-refractivity contribution in [2.75, 3.05) is 6.54 Å². The Bertz CT molecular complexity index is 1710. The second kappa shape index (κ2) is 12.2. The zero-order valence-corrected chi connectivity index (χ0v) is 23.1. The first-order valence-corrected chi connectivity index (χ1v) is 14.9. The van der Waals surface area contributed by atoms with Crippen molar-refractivity contribution in [3.8, 4) is 18.1 Å². The van der Waals surface area contributed by atoms with E-state index in [1.54, 1.807) is 24.7 Å². The summed E-state index contributed by atoms with van der Waals surface area (Å²) >= 11 is 0. The zero-order chi connectivity index (χ0) is 28.8. The van der Waals surface area contributed by atoms with E-state index in [1.165, 1.54) is 24.3 Å². The summed E-state index contributed by atoms with van der Waals surface area (Å²) in [4.78, 5) is 29.4. The van der Waals surface area contributed by atoms with Crippen LogP contribution in [0.15, 0.2) is 90.3 Å². The molecule has 9 heteroatoms. The summed E-state index contributed by atoms with van der Waals surface area (Å²) in [6, 6.07) is 19.0. The van der Waals surface area contributed by atoms with E-state index in [2.05, 4.69) is 16.2 Å². The smallest absolute Gasteiger partial charge is 0.252 e. The second-order valence-corrected chi connectivity index (χ2v) is 11.8. The van der Waals surface area contributed by atoms with E-state index in [1.807, 2.05) is 41.1 Å². The number of fused-ring (bicyclic) bond motifs is 1. The highest BCUT2D eigenvalue weighted by Crippen LogP contribution is 2.36. The molecule has 208 valence electrons. The molecule has 1 amide bonds. The third-order valence-corrected chi connectivity index (χ3v) is 8.68. The largest absolute Gasteiger partial charge is 0.484 e. The fourth-order valence-electron chi connectivity index (χ4n) is 5.00. The molecule has 0 fully saturated rings. The van der Waals surface area contributed by atoms with Crippen molar-refractivity contribution in [1.82, 2.24) is 14.9 Å². The summed E-state index contributed by atoms with van der Waals surface area (Å²) in [5, 5.41) is 2.55. The van der Waals surface area contributed by atoms with Crippen molar-refractivity contribution >= 4 is 21.5 Å². The van der Waals surface area contributed by atoms with Gasteiger partial charge in [0.1, 0.15) is 11.9 Å². The number of hydrogen-bond acceptors (Lipinski definition) is 6. The van der Waals surface area contributed by atoms with E-state index in [-0.39, 0.29) is 28.5 Å². The molecule has 0 saturated carbocycles. The predicted molar refractivity (Wildman–Crippen MR) is 154 cm³/mol. The number of imidazole rings is 1. The normalized spacial score (nSPS) is 13.6. The van der Waals surface area contributed by atoms with Gasteiger partial charge in [0, 0.05) is 35.5 Å². The Morgan fingerprint density at radius 3 is 2.68 bits per heavy atom. The van der Waals surface area contributed by atoms with Gasteiger partial charge < -0.3 is 14.6 Å². The third-order valence-electron chi connectivity index (χ3n) is 7.04. The number of terminal acetylenes is 1. The maximum absolute atomic E-state index is 13.8. The van der Waals surface area contributed by atoms with Gasteiger partial charge in [0.15, 0.2) is 15.6 Å². The van der Waals surface area contributed by atoms with E-state index in [4.69, 9.17) is 11.2 Å². The van der Waals surface area contributed by atoms with Crippen molar-refractivity contribution in [2.24, 2.45) is 0 Å². The molecule has 0 spiro atoms. The molecule has 1 heterocycles. The lowest BCUT2D eigenvalue weighted by molar-refractivity contribution is 0.0954. The van der Waals surface area contributed by atoms with Gasteiger partial charge >= 0.3 is 0 Å². The average molecular weight is 568 g/mol. The Balaban J connectivity index is 1.54. The van der Waals surface area contributed by atoms with Crippen molar-refractivity contribution in [3.63, 3.8) is 0 Å². The molecule has 1 unspecified atom stereocenters. The Morgan fingerprint density at radius 1 is 1.10 bits per heavy atom. The Kier molecular flexibility index (Phi) is 8.31. The number of benzene rings is 3. The fraction of sp³-hybridized carbons (Fsp3) is 0.219. The van der Waals surface area contributed by atoms with Gasteiger partial charge in [-0.25, -0.2) is 13.4 Å². The topological polar surface area (TPSA) is 107 Å². The van der Waals surface area contributed by atoms with Crippen molar-refractivity contribution in [2.45, 2.75) is 42.6 Å². The van der Waals surface area contributed by atoms with E-state index in [9.17, 15) is 18.0 Å². The number of nitrogens with zero attached hydrogens (tertiary/aromatic N) is 2. The number of rotatable bonds is 10. The number of amides is 1. The molecular formula is C32H29N3O5S. The van der Waals surface area contributed by atoms with Crippen LogP contribution in [0.4, 0.5) is 0 Å². The molecule has 3 aromatic carbocycles. The molecule has 1 N–H and O–H groups in total. The van der Waals surface area contributed by atoms with Gasteiger partial charge in [0.25, 0.3) is 5.91 Å². The van der Waals surface area contributed by atoms with E-state index >= 15 is 0 Å². The predicted octanol–water partition coefficient (Wildman–Crippen LogP) is 4.56. The van der Waals surface area contributed by atoms with Crippen LogP contribution >= 0.6 is 0 Å². The number of sulfone groups is 1. The number of ether oxygens (including phenoxy) is 1. The summed E-state index contributed by atoms with van der Waals surface area (Å²) in [5.74, 6) is 1.87. The average Bonchev–Trinajstić information content (AvgIpc) is 3.50.